The molecule has 1 aromatic heterocycles. The number of rotatable bonds is 2. The zero-order valence-electron chi connectivity index (χ0n) is 9.47. The molecule has 0 radical (unpaired) electrons. The van der Waals surface area contributed by atoms with Crippen molar-refractivity contribution in [3.8, 4) is 0 Å². The quantitative estimate of drug-likeness (QED) is 0.711. The van der Waals surface area contributed by atoms with Crippen molar-refractivity contribution in [2.24, 2.45) is 0 Å². The van der Waals surface area contributed by atoms with Crippen LogP contribution in [0.25, 0.3) is 0 Å². The van der Waals surface area contributed by atoms with Crippen LogP contribution >= 0.6 is 39.1 Å². The minimum atomic E-state index is -4.67. The van der Waals surface area contributed by atoms with E-state index in [1.165, 1.54) is 6.07 Å². The van der Waals surface area contributed by atoms with Crippen LogP contribution in [0, 0.1) is 0 Å². The normalized spacial score (nSPS) is 11.5. The van der Waals surface area contributed by atoms with Gasteiger partial charge < -0.3 is 5.32 Å². The summed E-state index contributed by atoms with van der Waals surface area (Å²) in [5, 5.41) is 2.89. The van der Waals surface area contributed by atoms with E-state index in [1.807, 2.05) is 0 Å². The molecule has 0 bridgehead atoms. The summed E-state index contributed by atoms with van der Waals surface area (Å²) in [5.41, 5.74) is 0.497. The van der Waals surface area contributed by atoms with Gasteiger partial charge in [-0.2, -0.15) is 13.2 Å². The summed E-state index contributed by atoms with van der Waals surface area (Å²) in [6.45, 7) is 0. The monoisotopic (exact) mass is 385 g/mol. The fraction of sp³-hybridized carbons (Fsp3) is 0.0909. The fourth-order valence-corrected chi connectivity index (χ4v) is 2.30. The van der Waals surface area contributed by atoms with Crippen molar-refractivity contribution >= 4 is 50.6 Å². The van der Waals surface area contributed by atoms with E-state index in [0.29, 0.717) is 15.2 Å². The van der Waals surface area contributed by atoms with Crippen LogP contribution in [0.5, 0.6) is 0 Å². The van der Waals surface area contributed by atoms with Crippen LogP contribution in [0.15, 0.2) is 28.7 Å². The maximum absolute atomic E-state index is 12.6. The van der Waals surface area contributed by atoms with Gasteiger partial charge in [0.15, 0.2) is 0 Å². The SMILES string of the molecule is FC(F)(F)c1nc(Cl)cc(Nc2ccc(Cl)cc2Br)n1. The largest absolute Gasteiger partial charge is 0.451 e. The summed E-state index contributed by atoms with van der Waals surface area (Å²) >= 11 is 14.6. The summed E-state index contributed by atoms with van der Waals surface area (Å²) < 4.78 is 38.3. The molecule has 20 heavy (non-hydrogen) atoms. The van der Waals surface area contributed by atoms with E-state index in [-0.39, 0.29) is 11.0 Å². The van der Waals surface area contributed by atoms with Gasteiger partial charge in [0.1, 0.15) is 11.0 Å². The molecule has 9 heteroatoms. The predicted octanol–water partition coefficient (Wildman–Crippen LogP) is 5.31. The highest BCUT2D eigenvalue weighted by Gasteiger charge is 2.35. The van der Waals surface area contributed by atoms with Gasteiger partial charge in [0, 0.05) is 15.6 Å². The van der Waals surface area contributed by atoms with Gasteiger partial charge in [-0.05, 0) is 34.1 Å². The van der Waals surface area contributed by atoms with Crippen molar-refractivity contribution in [2.45, 2.75) is 6.18 Å². The summed E-state index contributed by atoms with van der Waals surface area (Å²) in [6, 6.07) is 5.97. The van der Waals surface area contributed by atoms with Crippen LogP contribution in [0.3, 0.4) is 0 Å². The third-order valence-electron chi connectivity index (χ3n) is 2.14. The molecule has 0 aliphatic carbocycles. The van der Waals surface area contributed by atoms with Gasteiger partial charge in [0.05, 0.1) is 5.69 Å². The minimum absolute atomic E-state index is 0.0691. The Labute approximate surface area is 130 Å². The molecular weight excluding hydrogens is 382 g/mol. The van der Waals surface area contributed by atoms with Gasteiger partial charge in [0.25, 0.3) is 0 Å². The second kappa shape index (κ2) is 5.75. The lowest BCUT2D eigenvalue weighted by atomic mass is 10.3. The number of nitrogens with zero attached hydrogens (tertiary/aromatic N) is 2. The Morgan fingerprint density at radius 2 is 1.80 bits per heavy atom. The summed E-state index contributed by atoms with van der Waals surface area (Å²) in [7, 11) is 0. The fourth-order valence-electron chi connectivity index (χ4n) is 1.34. The molecule has 0 unspecified atom stereocenters. The van der Waals surface area contributed by atoms with Gasteiger partial charge in [0.2, 0.25) is 5.82 Å². The van der Waals surface area contributed by atoms with E-state index in [1.54, 1.807) is 18.2 Å². The van der Waals surface area contributed by atoms with Gasteiger partial charge in [-0.15, -0.1) is 0 Å². The first-order chi connectivity index (χ1) is 9.25. The molecular formula is C11H5BrCl2F3N3. The number of anilines is 2. The Morgan fingerprint density at radius 3 is 2.40 bits per heavy atom. The van der Waals surface area contributed by atoms with Crippen LogP contribution in [-0.4, -0.2) is 9.97 Å². The van der Waals surface area contributed by atoms with Crippen molar-refractivity contribution in [3.63, 3.8) is 0 Å². The van der Waals surface area contributed by atoms with Crippen LogP contribution in [0.2, 0.25) is 10.2 Å². The van der Waals surface area contributed by atoms with Crippen LogP contribution in [-0.2, 0) is 6.18 Å². The first-order valence-electron chi connectivity index (χ1n) is 5.09. The summed E-state index contributed by atoms with van der Waals surface area (Å²) in [6.07, 6.45) is -4.67. The Hall–Kier alpha value is -1.05. The predicted molar refractivity (Wildman–Crippen MR) is 74.5 cm³/mol. The van der Waals surface area contributed by atoms with Crippen molar-refractivity contribution < 1.29 is 13.2 Å². The maximum atomic E-state index is 12.6. The number of hydrogen-bond acceptors (Lipinski definition) is 3. The average molecular weight is 387 g/mol. The Morgan fingerprint density at radius 1 is 1.10 bits per heavy atom. The maximum Gasteiger partial charge on any atom is 0.451 e. The molecule has 0 amide bonds. The molecule has 2 aromatic rings. The molecule has 0 fully saturated rings. The second-order valence-electron chi connectivity index (χ2n) is 3.65. The Balaban J connectivity index is 2.36. The highest BCUT2D eigenvalue weighted by molar-refractivity contribution is 9.10. The number of hydrogen-bond donors (Lipinski definition) is 1. The lowest BCUT2D eigenvalue weighted by molar-refractivity contribution is -0.144. The number of nitrogens with one attached hydrogen (secondary N) is 1. The molecule has 0 aliphatic rings. The van der Waals surface area contributed by atoms with Gasteiger partial charge >= 0.3 is 6.18 Å². The van der Waals surface area contributed by atoms with Crippen molar-refractivity contribution in [1.29, 1.82) is 0 Å². The van der Waals surface area contributed by atoms with Crippen molar-refractivity contribution in [2.75, 3.05) is 5.32 Å². The summed E-state index contributed by atoms with van der Waals surface area (Å²) in [5.74, 6) is -1.38. The molecule has 0 saturated carbocycles. The van der Waals surface area contributed by atoms with Gasteiger partial charge in [-0.1, -0.05) is 23.2 Å². The molecule has 1 N–H and O–H groups in total. The Kier molecular flexibility index (Phi) is 4.41. The first kappa shape index (κ1) is 15.3. The first-order valence-corrected chi connectivity index (χ1v) is 6.64. The molecule has 2 rings (SSSR count). The van der Waals surface area contributed by atoms with Gasteiger partial charge in [-0.3, -0.25) is 0 Å². The molecule has 1 heterocycles. The second-order valence-corrected chi connectivity index (χ2v) is 5.32. The standard InChI is InChI=1S/C11H5BrCl2F3N3/c12-6-3-5(13)1-2-7(6)18-9-4-8(14)19-10(20-9)11(15,16)17/h1-4H,(H,18,19,20). The minimum Gasteiger partial charge on any atom is -0.339 e. The van der Waals surface area contributed by atoms with E-state index in [0.717, 1.165) is 0 Å². The molecule has 0 saturated heterocycles. The molecule has 0 atom stereocenters. The third-order valence-corrected chi connectivity index (χ3v) is 3.23. The summed E-state index contributed by atoms with van der Waals surface area (Å²) in [4.78, 5) is 6.52. The molecule has 0 spiro atoms. The number of benzene rings is 1. The smallest absolute Gasteiger partial charge is 0.339 e. The van der Waals surface area contributed by atoms with E-state index in [9.17, 15) is 13.2 Å². The lowest BCUT2D eigenvalue weighted by Crippen LogP contribution is -2.12. The molecule has 3 nitrogen and oxygen atoms in total. The van der Waals surface area contributed by atoms with E-state index >= 15 is 0 Å². The Bertz CT molecular complexity index is 649. The topological polar surface area (TPSA) is 37.8 Å². The molecule has 0 aliphatic heterocycles. The molecule has 1 aromatic carbocycles. The zero-order valence-corrected chi connectivity index (χ0v) is 12.6. The van der Waals surface area contributed by atoms with E-state index < -0.39 is 12.0 Å². The van der Waals surface area contributed by atoms with Crippen molar-refractivity contribution in [1.82, 2.24) is 9.97 Å². The van der Waals surface area contributed by atoms with Gasteiger partial charge in [-0.25, -0.2) is 9.97 Å². The van der Waals surface area contributed by atoms with Crippen molar-refractivity contribution in [3.05, 3.63) is 44.7 Å². The lowest BCUT2D eigenvalue weighted by Gasteiger charge is -2.11. The third kappa shape index (κ3) is 3.74. The average Bonchev–Trinajstić information content (AvgIpc) is 2.31. The number of aromatic nitrogens is 2. The van der Waals surface area contributed by atoms with Crippen LogP contribution in [0.1, 0.15) is 5.82 Å². The molecule has 106 valence electrons. The number of alkyl halides is 3. The highest BCUT2D eigenvalue weighted by atomic mass is 79.9. The number of halogens is 6. The van der Waals surface area contributed by atoms with E-state index in [2.05, 4.69) is 31.2 Å². The van der Waals surface area contributed by atoms with Crippen LogP contribution in [0.4, 0.5) is 24.7 Å². The van der Waals surface area contributed by atoms with Crippen LogP contribution < -0.4 is 5.32 Å². The van der Waals surface area contributed by atoms with E-state index in [4.69, 9.17) is 23.2 Å². The zero-order chi connectivity index (χ0) is 14.9. The highest BCUT2D eigenvalue weighted by Crippen LogP contribution is 2.31.